The summed E-state index contributed by atoms with van der Waals surface area (Å²) in [4.78, 5) is 0. The minimum absolute atomic E-state index is 0.194. The summed E-state index contributed by atoms with van der Waals surface area (Å²) in [5.41, 5.74) is 12.0. The average molecular weight is 251 g/mol. The van der Waals surface area contributed by atoms with Crippen molar-refractivity contribution in [3.63, 3.8) is 0 Å². The molecule has 2 aromatic rings. The Balaban J connectivity index is 1.92. The molecule has 1 atom stereocenters. The highest BCUT2D eigenvalue weighted by Gasteiger charge is 2.31. The van der Waals surface area contributed by atoms with Crippen molar-refractivity contribution in [2.24, 2.45) is 5.73 Å². The van der Waals surface area contributed by atoms with Crippen molar-refractivity contribution in [3.8, 4) is 0 Å². The molecule has 0 radical (unpaired) electrons. The van der Waals surface area contributed by atoms with Gasteiger partial charge < -0.3 is 5.73 Å². The quantitative estimate of drug-likeness (QED) is 0.867. The highest BCUT2D eigenvalue weighted by atomic mass is 14.7. The zero-order valence-corrected chi connectivity index (χ0v) is 11.5. The molecule has 0 bridgehead atoms. The largest absolute Gasteiger partial charge is 0.321 e. The van der Waals surface area contributed by atoms with Crippen LogP contribution in [0, 0.1) is 0 Å². The Labute approximate surface area is 115 Å². The van der Waals surface area contributed by atoms with Crippen LogP contribution in [0.1, 0.15) is 35.6 Å². The number of fused-ring (bicyclic) bond motifs is 1. The maximum absolute atomic E-state index is 6.69. The summed E-state index contributed by atoms with van der Waals surface area (Å²) in [5, 5.41) is 0. The molecule has 19 heavy (non-hydrogen) atoms. The third kappa shape index (κ3) is 2.31. The zero-order chi connectivity index (χ0) is 13.3. The summed E-state index contributed by atoms with van der Waals surface area (Å²) in [6.07, 6.45) is 4.16. The first kappa shape index (κ1) is 12.4. The molecule has 0 saturated carbocycles. The van der Waals surface area contributed by atoms with Gasteiger partial charge in [-0.3, -0.25) is 0 Å². The molecule has 1 heteroatoms. The van der Waals surface area contributed by atoms with Gasteiger partial charge in [-0.1, -0.05) is 55.5 Å². The SMILES string of the molecule is CCc1ccc(C2(N)CCc3ccccc3C2)cc1. The maximum Gasteiger partial charge on any atom is 0.0453 e. The summed E-state index contributed by atoms with van der Waals surface area (Å²) in [6, 6.07) is 17.5. The molecule has 0 heterocycles. The predicted octanol–water partition coefficient (Wildman–Crippen LogP) is 3.59. The fourth-order valence-electron chi connectivity index (χ4n) is 3.08. The van der Waals surface area contributed by atoms with Crippen molar-refractivity contribution in [2.75, 3.05) is 0 Å². The lowest BCUT2D eigenvalue weighted by molar-refractivity contribution is 0.385. The number of nitrogens with two attached hydrogens (primary N) is 1. The van der Waals surface area contributed by atoms with Crippen LogP contribution in [0.15, 0.2) is 48.5 Å². The van der Waals surface area contributed by atoms with Gasteiger partial charge in [0.15, 0.2) is 0 Å². The van der Waals surface area contributed by atoms with Crippen LogP contribution in [0.2, 0.25) is 0 Å². The molecule has 1 nitrogen and oxygen atoms in total. The Morgan fingerprint density at radius 2 is 1.68 bits per heavy atom. The highest BCUT2D eigenvalue weighted by Crippen LogP contribution is 2.34. The second-order valence-corrected chi connectivity index (χ2v) is 5.65. The third-order valence-electron chi connectivity index (χ3n) is 4.40. The van der Waals surface area contributed by atoms with E-state index >= 15 is 0 Å². The fraction of sp³-hybridized carbons (Fsp3) is 0.333. The van der Waals surface area contributed by atoms with Gasteiger partial charge in [-0.25, -0.2) is 0 Å². The van der Waals surface area contributed by atoms with Gasteiger partial charge in [0, 0.05) is 5.54 Å². The summed E-state index contributed by atoms with van der Waals surface area (Å²) in [7, 11) is 0. The summed E-state index contributed by atoms with van der Waals surface area (Å²) >= 11 is 0. The first-order valence-electron chi connectivity index (χ1n) is 7.16. The van der Waals surface area contributed by atoms with Crippen molar-refractivity contribution < 1.29 is 0 Å². The van der Waals surface area contributed by atoms with Gasteiger partial charge in [0.2, 0.25) is 0 Å². The molecule has 0 spiro atoms. The van der Waals surface area contributed by atoms with Crippen LogP contribution in [0.4, 0.5) is 0 Å². The van der Waals surface area contributed by atoms with Crippen molar-refractivity contribution in [2.45, 2.75) is 38.1 Å². The van der Waals surface area contributed by atoms with E-state index in [9.17, 15) is 0 Å². The fourth-order valence-corrected chi connectivity index (χ4v) is 3.08. The van der Waals surface area contributed by atoms with E-state index in [0.717, 1.165) is 25.7 Å². The van der Waals surface area contributed by atoms with Crippen molar-refractivity contribution in [1.29, 1.82) is 0 Å². The molecule has 0 aromatic heterocycles. The van der Waals surface area contributed by atoms with Crippen LogP contribution in [0.3, 0.4) is 0 Å². The van der Waals surface area contributed by atoms with Gasteiger partial charge in [0.1, 0.15) is 0 Å². The number of hydrogen-bond acceptors (Lipinski definition) is 1. The van der Waals surface area contributed by atoms with Crippen LogP contribution in [-0.2, 0) is 24.8 Å². The molecule has 0 fully saturated rings. The van der Waals surface area contributed by atoms with Crippen LogP contribution in [0.5, 0.6) is 0 Å². The standard InChI is InChI=1S/C18H21N/c1-2-14-7-9-17(10-8-14)18(19)12-11-15-5-3-4-6-16(15)13-18/h3-10H,2,11-13,19H2,1H3. The average Bonchev–Trinajstić information content (AvgIpc) is 2.47. The van der Waals surface area contributed by atoms with E-state index in [-0.39, 0.29) is 5.54 Å². The molecule has 1 aliphatic carbocycles. The molecular weight excluding hydrogens is 230 g/mol. The number of aryl methyl sites for hydroxylation is 2. The van der Waals surface area contributed by atoms with Crippen LogP contribution in [-0.4, -0.2) is 0 Å². The molecule has 0 saturated heterocycles. The molecule has 1 unspecified atom stereocenters. The third-order valence-corrected chi connectivity index (χ3v) is 4.40. The van der Waals surface area contributed by atoms with Gasteiger partial charge in [-0.15, -0.1) is 0 Å². The van der Waals surface area contributed by atoms with E-state index in [2.05, 4.69) is 55.5 Å². The van der Waals surface area contributed by atoms with E-state index in [1.54, 1.807) is 0 Å². The summed E-state index contributed by atoms with van der Waals surface area (Å²) in [6.45, 7) is 2.18. The Bertz CT molecular complexity index is 570. The van der Waals surface area contributed by atoms with E-state index in [1.807, 2.05) is 0 Å². The molecule has 0 amide bonds. The Hall–Kier alpha value is -1.60. The van der Waals surface area contributed by atoms with E-state index < -0.39 is 0 Å². The molecule has 0 aliphatic heterocycles. The minimum atomic E-state index is -0.194. The minimum Gasteiger partial charge on any atom is -0.321 e. The molecule has 1 aliphatic rings. The van der Waals surface area contributed by atoms with E-state index in [0.29, 0.717) is 0 Å². The van der Waals surface area contributed by atoms with Crippen LogP contribution in [0.25, 0.3) is 0 Å². The Morgan fingerprint density at radius 3 is 2.37 bits per heavy atom. The first-order valence-corrected chi connectivity index (χ1v) is 7.16. The van der Waals surface area contributed by atoms with Crippen molar-refractivity contribution >= 4 is 0 Å². The second-order valence-electron chi connectivity index (χ2n) is 5.65. The predicted molar refractivity (Wildman–Crippen MR) is 80.2 cm³/mol. The smallest absolute Gasteiger partial charge is 0.0453 e. The number of hydrogen-bond donors (Lipinski definition) is 1. The molecule has 2 aromatic carbocycles. The van der Waals surface area contributed by atoms with Gasteiger partial charge in [-0.2, -0.15) is 0 Å². The van der Waals surface area contributed by atoms with Gasteiger partial charge in [0.05, 0.1) is 0 Å². The zero-order valence-electron chi connectivity index (χ0n) is 11.5. The summed E-state index contributed by atoms with van der Waals surface area (Å²) < 4.78 is 0. The van der Waals surface area contributed by atoms with Gasteiger partial charge >= 0.3 is 0 Å². The van der Waals surface area contributed by atoms with Crippen LogP contribution >= 0.6 is 0 Å². The topological polar surface area (TPSA) is 26.0 Å². The molecular formula is C18H21N. The Kier molecular flexibility index (Phi) is 3.16. The lowest BCUT2D eigenvalue weighted by atomic mass is 9.74. The lowest BCUT2D eigenvalue weighted by Gasteiger charge is -2.35. The van der Waals surface area contributed by atoms with E-state index in [1.165, 1.54) is 22.3 Å². The monoisotopic (exact) mass is 251 g/mol. The van der Waals surface area contributed by atoms with Crippen LogP contribution < -0.4 is 5.73 Å². The van der Waals surface area contributed by atoms with Gasteiger partial charge in [0.25, 0.3) is 0 Å². The van der Waals surface area contributed by atoms with Crippen molar-refractivity contribution in [3.05, 3.63) is 70.8 Å². The maximum atomic E-state index is 6.69. The molecule has 2 N–H and O–H groups in total. The van der Waals surface area contributed by atoms with Gasteiger partial charge in [-0.05, 0) is 47.9 Å². The second kappa shape index (κ2) is 4.82. The Morgan fingerprint density at radius 1 is 1.00 bits per heavy atom. The lowest BCUT2D eigenvalue weighted by Crippen LogP contribution is -2.42. The summed E-state index contributed by atoms with van der Waals surface area (Å²) in [5.74, 6) is 0. The first-order chi connectivity index (χ1) is 9.21. The molecule has 98 valence electrons. The highest BCUT2D eigenvalue weighted by molar-refractivity contribution is 5.37. The van der Waals surface area contributed by atoms with Crippen molar-refractivity contribution in [1.82, 2.24) is 0 Å². The normalized spacial score (nSPS) is 22.0. The number of benzene rings is 2. The molecule has 3 rings (SSSR count). The van der Waals surface area contributed by atoms with E-state index in [4.69, 9.17) is 5.73 Å². The number of rotatable bonds is 2.